The molecule has 148 valence electrons. The van der Waals surface area contributed by atoms with Crippen LogP contribution >= 0.6 is 11.6 Å². The minimum atomic E-state index is 0.479. The molecule has 0 fully saturated rings. The molecule has 0 radical (unpaired) electrons. The SMILES string of the molecule is CCc1nncn1CCNC(=NCc1ccco1)N(C)Cc1ccc(Cl)cc1. The summed E-state index contributed by atoms with van der Waals surface area (Å²) in [5.74, 6) is 2.61. The maximum atomic E-state index is 5.99. The Bertz CT molecular complexity index is 873. The summed E-state index contributed by atoms with van der Waals surface area (Å²) in [7, 11) is 2.01. The molecule has 0 saturated carbocycles. The van der Waals surface area contributed by atoms with Crippen LogP contribution in [0.4, 0.5) is 0 Å². The van der Waals surface area contributed by atoms with Crippen molar-refractivity contribution in [1.29, 1.82) is 0 Å². The lowest BCUT2D eigenvalue weighted by atomic mass is 10.2. The van der Waals surface area contributed by atoms with E-state index >= 15 is 0 Å². The first-order valence-electron chi connectivity index (χ1n) is 9.28. The van der Waals surface area contributed by atoms with Crippen molar-refractivity contribution in [2.75, 3.05) is 13.6 Å². The number of hydrogen-bond donors (Lipinski definition) is 1. The molecule has 0 spiro atoms. The summed E-state index contributed by atoms with van der Waals surface area (Å²) in [4.78, 5) is 6.79. The summed E-state index contributed by atoms with van der Waals surface area (Å²) in [6, 6.07) is 11.6. The molecule has 0 unspecified atom stereocenters. The molecule has 3 aromatic rings. The van der Waals surface area contributed by atoms with E-state index in [1.807, 2.05) is 43.4 Å². The zero-order chi connectivity index (χ0) is 19.8. The summed E-state index contributed by atoms with van der Waals surface area (Å²) in [5.41, 5.74) is 1.16. The van der Waals surface area contributed by atoms with Gasteiger partial charge in [0, 0.05) is 38.1 Å². The Hall–Kier alpha value is -2.80. The second kappa shape index (κ2) is 9.94. The lowest BCUT2D eigenvalue weighted by Gasteiger charge is -2.23. The fourth-order valence-electron chi connectivity index (χ4n) is 2.83. The Balaban J connectivity index is 1.65. The highest BCUT2D eigenvalue weighted by molar-refractivity contribution is 6.30. The summed E-state index contributed by atoms with van der Waals surface area (Å²) in [6.45, 7) is 4.75. The largest absolute Gasteiger partial charge is 0.467 e. The summed E-state index contributed by atoms with van der Waals surface area (Å²) in [6.07, 6.45) is 4.28. The predicted molar refractivity (Wildman–Crippen MR) is 110 cm³/mol. The zero-order valence-electron chi connectivity index (χ0n) is 16.2. The molecule has 1 N–H and O–H groups in total. The molecule has 8 heteroatoms. The molecule has 0 aliphatic heterocycles. The first-order chi connectivity index (χ1) is 13.7. The van der Waals surface area contributed by atoms with Crippen LogP contribution in [0.25, 0.3) is 0 Å². The van der Waals surface area contributed by atoms with Gasteiger partial charge in [-0.1, -0.05) is 30.7 Å². The molecule has 7 nitrogen and oxygen atoms in total. The molecule has 1 aromatic carbocycles. The standard InChI is InChI=1S/C20H25ClN6O/c1-3-19-25-24-15-27(19)11-10-22-20(23-13-18-5-4-12-28-18)26(2)14-16-6-8-17(21)9-7-16/h4-9,12,15H,3,10-11,13-14H2,1-2H3,(H,22,23). The van der Waals surface area contributed by atoms with E-state index in [2.05, 4.69) is 31.9 Å². The number of nitrogens with zero attached hydrogens (tertiary/aromatic N) is 5. The van der Waals surface area contributed by atoms with Crippen molar-refractivity contribution >= 4 is 17.6 Å². The van der Waals surface area contributed by atoms with Crippen LogP contribution in [0.3, 0.4) is 0 Å². The van der Waals surface area contributed by atoms with Crippen molar-refractivity contribution in [3.05, 3.63) is 71.2 Å². The van der Waals surface area contributed by atoms with Gasteiger partial charge in [0.2, 0.25) is 0 Å². The Morgan fingerprint density at radius 3 is 2.82 bits per heavy atom. The van der Waals surface area contributed by atoms with E-state index in [9.17, 15) is 0 Å². The third-order valence-corrected chi connectivity index (χ3v) is 4.56. The lowest BCUT2D eigenvalue weighted by molar-refractivity contribution is 0.464. The van der Waals surface area contributed by atoms with Crippen molar-refractivity contribution in [1.82, 2.24) is 25.0 Å². The molecule has 28 heavy (non-hydrogen) atoms. The first kappa shape index (κ1) is 19.9. The van der Waals surface area contributed by atoms with E-state index in [0.29, 0.717) is 19.6 Å². The van der Waals surface area contributed by atoms with E-state index in [0.717, 1.165) is 41.1 Å². The van der Waals surface area contributed by atoms with Gasteiger partial charge in [0.05, 0.1) is 6.26 Å². The van der Waals surface area contributed by atoms with Crippen molar-refractivity contribution < 1.29 is 4.42 Å². The van der Waals surface area contributed by atoms with Crippen LogP contribution in [0.2, 0.25) is 5.02 Å². The Morgan fingerprint density at radius 1 is 1.29 bits per heavy atom. The number of aromatic nitrogens is 3. The van der Waals surface area contributed by atoms with Gasteiger partial charge in [0.1, 0.15) is 24.5 Å². The van der Waals surface area contributed by atoms with Crippen molar-refractivity contribution in [2.45, 2.75) is 33.0 Å². The van der Waals surface area contributed by atoms with E-state index in [1.54, 1.807) is 12.6 Å². The number of rotatable bonds is 8. The molecule has 0 amide bonds. The lowest BCUT2D eigenvalue weighted by Crippen LogP contribution is -2.40. The Morgan fingerprint density at radius 2 is 2.11 bits per heavy atom. The average Bonchev–Trinajstić information content (AvgIpc) is 3.37. The predicted octanol–water partition coefficient (Wildman–Crippen LogP) is 3.36. The maximum absolute atomic E-state index is 5.99. The third-order valence-electron chi connectivity index (χ3n) is 4.31. The number of furan rings is 1. The van der Waals surface area contributed by atoms with Crippen LogP contribution in [0.5, 0.6) is 0 Å². The molecule has 0 bridgehead atoms. The number of aryl methyl sites for hydroxylation is 1. The molecule has 2 heterocycles. The number of aliphatic imine (C=N–C) groups is 1. The van der Waals surface area contributed by atoms with Gasteiger partial charge in [-0.05, 0) is 29.8 Å². The number of guanidine groups is 1. The summed E-state index contributed by atoms with van der Waals surface area (Å²) in [5, 5.41) is 12.3. The number of benzene rings is 1. The molecule has 0 atom stereocenters. The van der Waals surface area contributed by atoms with E-state index in [4.69, 9.17) is 21.0 Å². The van der Waals surface area contributed by atoms with Gasteiger partial charge in [-0.3, -0.25) is 0 Å². The molecular formula is C20H25ClN6O. The highest BCUT2D eigenvalue weighted by atomic mass is 35.5. The number of nitrogens with one attached hydrogen (secondary N) is 1. The molecule has 0 aliphatic rings. The van der Waals surface area contributed by atoms with Gasteiger partial charge in [-0.25, -0.2) is 4.99 Å². The molecule has 0 aliphatic carbocycles. The van der Waals surface area contributed by atoms with Gasteiger partial charge >= 0.3 is 0 Å². The van der Waals surface area contributed by atoms with Crippen molar-refractivity contribution in [3.8, 4) is 0 Å². The first-order valence-corrected chi connectivity index (χ1v) is 9.66. The van der Waals surface area contributed by atoms with E-state index in [1.165, 1.54) is 0 Å². The zero-order valence-corrected chi connectivity index (χ0v) is 16.9. The fourth-order valence-corrected chi connectivity index (χ4v) is 2.96. The van der Waals surface area contributed by atoms with Crippen molar-refractivity contribution in [3.63, 3.8) is 0 Å². The Kier molecular flexibility index (Phi) is 7.08. The highest BCUT2D eigenvalue weighted by Crippen LogP contribution is 2.11. The normalized spacial score (nSPS) is 11.6. The molecular weight excluding hydrogens is 376 g/mol. The van der Waals surface area contributed by atoms with Crippen LogP contribution in [-0.2, 0) is 26.1 Å². The maximum Gasteiger partial charge on any atom is 0.194 e. The molecule has 2 aromatic heterocycles. The van der Waals surface area contributed by atoms with E-state index in [-0.39, 0.29) is 0 Å². The third kappa shape index (κ3) is 5.60. The van der Waals surface area contributed by atoms with Crippen LogP contribution < -0.4 is 5.32 Å². The number of hydrogen-bond acceptors (Lipinski definition) is 4. The molecule has 3 rings (SSSR count). The van der Waals surface area contributed by atoms with Gasteiger partial charge in [-0.2, -0.15) is 0 Å². The summed E-state index contributed by atoms with van der Waals surface area (Å²) < 4.78 is 7.45. The topological polar surface area (TPSA) is 71.5 Å². The van der Waals surface area contributed by atoms with Crippen LogP contribution in [0, 0.1) is 0 Å². The summed E-state index contributed by atoms with van der Waals surface area (Å²) >= 11 is 5.99. The fraction of sp³-hybridized carbons (Fsp3) is 0.350. The van der Waals surface area contributed by atoms with Crippen molar-refractivity contribution in [2.24, 2.45) is 4.99 Å². The second-order valence-corrected chi connectivity index (χ2v) is 6.86. The van der Waals surface area contributed by atoms with Crippen LogP contribution in [0.1, 0.15) is 24.1 Å². The van der Waals surface area contributed by atoms with E-state index < -0.39 is 0 Å². The Labute approximate surface area is 170 Å². The van der Waals surface area contributed by atoms with Crippen LogP contribution in [0.15, 0.2) is 58.4 Å². The average molecular weight is 401 g/mol. The molecule has 0 saturated heterocycles. The minimum absolute atomic E-state index is 0.479. The quantitative estimate of drug-likeness (QED) is 0.463. The van der Waals surface area contributed by atoms with Gasteiger partial charge in [0.25, 0.3) is 0 Å². The van der Waals surface area contributed by atoms with Crippen LogP contribution in [-0.4, -0.2) is 39.2 Å². The minimum Gasteiger partial charge on any atom is -0.467 e. The van der Waals surface area contributed by atoms with Gasteiger partial charge in [-0.15, -0.1) is 10.2 Å². The van der Waals surface area contributed by atoms with Gasteiger partial charge in [0.15, 0.2) is 5.96 Å². The number of halogens is 1. The smallest absolute Gasteiger partial charge is 0.194 e. The highest BCUT2D eigenvalue weighted by Gasteiger charge is 2.09. The second-order valence-electron chi connectivity index (χ2n) is 6.42. The monoisotopic (exact) mass is 400 g/mol. The van der Waals surface area contributed by atoms with Gasteiger partial charge < -0.3 is 19.2 Å².